The van der Waals surface area contributed by atoms with Crippen LogP contribution in [-0.2, 0) is 14.3 Å². The summed E-state index contributed by atoms with van der Waals surface area (Å²) >= 11 is 6.00. The molecule has 166 valence electrons. The molecule has 2 aromatic carbocycles. The van der Waals surface area contributed by atoms with Crippen molar-refractivity contribution >= 4 is 46.8 Å². The summed E-state index contributed by atoms with van der Waals surface area (Å²) in [5.41, 5.74) is 1.14. The third-order valence-electron chi connectivity index (χ3n) is 4.77. The van der Waals surface area contributed by atoms with Crippen molar-refractivity contribution in [2.24, 2.45) is 0 Å². The quantitative estimate of drug-likeness (QED) is 0.370. The molecule has 1 fully saturated rings. The minimum atomic E-state index is -0.988. The van der Waals surface area contributed by atoms with Gasteiger partial charge in [-0.3, -0.25) is 9.59 Å². The van der Waals surface area contributed by atoms with Crippen LogP contribution in [0.4, 0.5) is 16.2 Å². The van der Waals surface area contributed by atoms with E-state index in [1.807, 2.05) is 0 Å². The Kier molecular flexibility index (Phi) is 7.27. The molecule has 32 heavy (non-hydrogen) atoms. The molecular formula is C23H22ClN3O5. The molecule has 0 radical (unpaired) electrons. The van der Waals surface area contributed by atoms with Crippen LogP contribution in [0.2, 0.25) is 5.02 Å². The molecular weight excluding hydrogens is 434 g/mol. The number of carbonyl (C=O) groups excluding carboxylic acids is 4. The van der Waals surface area contributed by atoms with Gasteiger partial charge in [0.25, 0.3) is 5.91 Å². The Labute approximate surface area is 190 Å². The SMILES string of the molecule is C=CCN1C(=O)N(c2cccc(Cl)c2)C(=O)C1CC(=O)Nc1ccc(C(=O)OCC)cc1. The Hall–Kier alpha value is -3.65. The zero-order valence-corrected chi connectivity index (χ0v) is 18.2. The van der Waals surface area contributed by atoms with Crippen LogP contribution < -0.4 is 10.2 Å². The predicted molar refractivity (Wildman–Crippen MR) is 121 cm³/mol. The highest BCUT2D eigenvalue weighted by molar-refractivity contribution is 6.31. The van der Waals surface area contributed by atoms with Crippen LogP contribution in [0.1, 0.15) is 23.7 Å². The maximum Gasteiger partial charge on any atom is 0.338 e. The number of hydrogen-bond donors (Lipinski definition) is 1. The van der Waals surface area contributed by atoms with Gasteiger partial charge in [0.05, 0.1) is 24.3 Å². The van der Waals surface area contributed by atoms with Crippen LogP contribution in [0.3, 0.4) is 0 Å². The van der Waals surface area contributed by atoms with Crippen molar-refractivity contribution in [1.29, 1.82) is 0 Å². The Morgan fingerprint density at radius 2 is 1.91 bits per heavy atom. The Balaban J connectivity index is 1.73. The van der Waals surface area contributed by atoms with E-state index >= 15 is 0 Å². The predicted octanol–water partition coefficient (Wildman–Crippen LogP) is 3.87. The van der Waals surface area contributed by atoms with E-state index in [1.165, 1.54) is 29.2 Å². The average Bonchev–Trinajstić information content (AvgIpc) is 2.98. The van der Waals surface area contributed by atoms with Gasteiger partial charge >= 0.3 is 12.0 Å². The smallest absolute Gasteiger partial charge is 0.338 e. The van der Waals surface area contributed by atoms with Gasteiger partial charge in [0.2, 0.25) is 5.91 Å². The van der Waals surface area contributed by atoms with Crippen LogP contribution >= 0.6 is 11.6 Å². The summed E-state index contributed by atoms with van der Waals surface area (Å²) in [6, 6.07) is 11.0. The first kappa shape index (κ1) is 23.0. The molecule has 0 saturated carbocycles. The fraction of sp³-hybridized carbons (Fsp3) is 0.217. The van der Waals surface area contributed by atoms with E-state index in [2.05, 4.69) is 11.9 Å². The first-order valence-corrected chi connectivity index (χ1v) is 10.3. The second-order valence-corrected chi connectivity index (χ2v) is 7.38. The number of halogens is 1. The summed E-state index contributed by atoms with van der Waals surface area (Å²) in [6.07, 6.45) is 1.25. The van der Waals surface area contributed by atoms with Gasteiger partial charge < -0.3 is 15.0 Å². The molecule has 0 aliphatic carbocycles. The molecule has 1 heterocycles. The normalized spacial score (nSPS) is 15.6. The van der Waals surface area contributed by atoms with Crippen molar-refractivity contribution in [1.82, 2.24) is 4.90 Å². The Morgan fingerprint density at radius 3 is 2.53 bits per heavy atom. The molecule has 0 spiro atoms. The first-order chi connectivity index (χ1) is 15.3. The van der Waals surface area contributed by atoms with E-state index in [1.54, 1.807) is 37.3 Å². The third kappa shape index (κ3) is 4.97. The summed E-state index contributed by atoms with van der Waals surface area (Å²) < 4.78 is 4.93. The number of ether oxygens (including phenoxy) is 1. The van der Waals surface area contributed by atoms with Crippen LogP contribution in [-0.4, -0.2) is 47.9 Å². The van der Waals surface area contributed by atoms with Crippen LogP contribution in [0.25, 0.3) is 0 Å². The van der Waals surface area contributed by atoms with Crippen LogP contribution in [0, 0.1) is 0 Å². The monoisotopic (exact) mass is 455 g/mol. The molecule has 1 unspecified atom stereocenters. The number of benzene rings is 2. The van der Waals surface area contributed by atoms with Crippen molar-refractivity contribution in [3.63, 3.8) is 0 Å². The number of hydrogen-bond acceptors (Lipinski definition) is 5. The molecule has 8 nitrogen and oxygen atoms in total. The first-order valence-electron chi connectivity index (χ1n) is 9.93. The summed E-state index contributed by atoms with van der Waals surface area (Å²) in [4.78, 5) is 52.6. The summed E-state index contributed by atoms with van der Waals surface area (Å²) in [6.45, 7) is 5.71. The van der Waals surface area contributed by atoms with E-state index < -0.39 is 29.9 Å². The second kappa shape index (κ2) is 10.1. The molecule has 0 aromatic heterocycles. The number of anilines is 2. The Morgan fingerprint density at radius 1 is 1.19 bits per heavy atom. The van der Waals surface area contributed by atoms with E-state index in [0.29, 0.717) is 22.0 Å². The van der Waals surface area contributed by atoms with Crippen molar-refractivity contribution < 1.29 is 23.9 Å². The Bertz CT molecular complexity index is 1050. The number of esters is 1. The van der Waals surface area contributed by atoms with Crippen LogP contribution in [0.5, 0.6) is 0 Å². The number of carbonyl (C=O) groups is 4. The van der Waals surface area contributed by atoms with Gasteiger partial charge in [-0.2, -0.15) is 0 Å². The van der Waals surface area contributed by atoms with Gasteiger partial charge in [-0.15, -0.1) is 6.58 Å². The third-order valence-corrected chi connectivity index (χ3v) is 5.00. The maximum atomic E-state index is 13.0. The fourth-order valence-corrected chi connectivity index (χ4v) is 3.51. The number of rotatable bonds is 8. The highest BCUT2D eigenvalue weighted by Gasteiger charge is 2.46. The number of nitrogens with one attached hydrogen (secondary N) is 1. The lowest BCUT2D eigenvalue weighted by Crippen LogP contribution is -2.38. The van der Waals surface area contributed by atoms with Gasteiger partial charge in [0, 0.05) is 17.3 Å². The van der Waals surface area contributed by atoms with Gasteiger partial charge in [-0.1, -0.05) is 23.7 Å². The van der Waals surface area contributed by atoms with Gasteiger partial charge in [-0.05, 0) is 49.4 Å². The van der Waals surface area contributed by atoms with E-state index in [-0.39, 0.29) is 19.6 Å². The summed E-state index contributed by atoms with van der Waals surface area (Å²) in [5, 5.41) is 3.06. The van der Waals surface area contributed by atoms with E-state index in [9.17, 15) is 19.2 Å². The van der Waals surface area contributed by atoms with Gasteiger partial charge in [-0.25, -0.2) is 14.5 Å². The van der Waals surface area contributed by atoms with E-state index in [0.717, 1.165) is 4.90 Å². The lowest BCUT2D eigenvalue weighted by molar-refractivity contribution is -0.124. The lowest BCUT2D eigenvalue weighted by atomic mass is 10.1. The van der Waals surface area contributed by atoms with Gasteiger partial charge in [0.15, 0.2) is 0 Å². The maximum absolute atomic E-state index is 13.0. The highest BCUT2D eigenvalue weighted by Crippen LogP contribution is 2.28. The molecule has 1 aliphatic heterocycles. The number of nitrogens with zero attached hydrogens (tertiary/aromatic N) is 2. The molecule has 1 saturated heterocycles. The molecule has 1 N–H and O–H groups in total. The van der Waals surface area contributed by atoms with E-state index in [4.69, 9.17) is 16.3 Å². The standard InChI is InChI=1S/C23H22ClN3O5/c1-3-12-26-19(21(29)27(23(26)31)18-7-5-6-16(24)13-18)14-20(28)25-17-10-8-15(9-11-17)22(30)32-4-2/h3,5-11,13,19H,1,4,12,14H2,2H3,(H,25,28). The highest BCUT2D eigenvalue weighted by atomic mass is 35.5. The van der Waals surface area contributed by atoms with Gasteiger partial charge in [0.1, 0.15) is 6.04 Å². The topological polar surface area (TPSA) is 96.0 Å². The minimum Gasteiger partial charge on any atom is -0.462 e. The molecule has 1 aliphatic rings. The number of urea groups is 1. The van der Waals surface area contributed by atoms with Crippen molar-refractivity contribution in [3.05, 3.63) is 71.8 Å². The molecule has 3 rings (SSSR count). The van der Waals surface area contributed by atoms with Crippen LogP contribution in [0.15, 0.2) is 61.2 Å². The molecule has 4 amide bonds. The van der Waals surface area contributed by atoms with Crippen molar-refractivity contribution in [3.8, 4) is 0 Å². The molecule has 1 atom stereocenters. The minimum absolute atomic E-state index is 0.105. The zero-order valence-electron chi connectivity index (χ0n) is 17.4. The van der Waals surface area contributed by atoms with Crippen molar-refractivity contribution in [2.45, 2.75) is 19.4 Å². The second-order valence-electron chi connectivity index (χ2n) is 6.94. The average molecular weight is 456 g/mol. The molecule has 0 bridgehead atoms. The zero-order chi connectivity index (χ0) is 23.3. The fourth-order valence-electron chi connectivity index (χ4n) is 3.32. The summed E-state index contributed by atoms with van der Waals surface area (Å²) in [7, 11) is 0. The van der Waals surface area contributed by atoms with Crippen molar-refractivity contribution in [2.75, 3.05) is 23.4 Å². The molecule has 9 heteroatoms. The number of imide groups is 1. The lowest BCUT2D eigenvalue weighted by Gasteiger charge is -2.19. The summed E-state index contributed by atoms with van der Waals surface area (Å²) in [5.74, 6) is -1.43. The molecule has 2 aromatic rings. The number of amides is 4. The largest absolute Gasteiger partial charge is 0.462 e.